The first-order valence-electron chi connectivity index (χ1n) is 3.25. The lowest BCUT2D eigenvalue weighted by atomic mass is 10.2. The van der Waals surface area contributed by atoms with E-state index in [1.54, 1.807) is 0 Å². The van der Waals surface area contributed by atoms with E-state index in [4.69, 9.17) is 11.6 Å². The third-order valence-electron chi connectivity index (χ3n) is 1.41. The molecule has 0 amide bonds. The van der Waals surface area contributed by atoms with E-state index in [0.717, 1.165) is 6.07 Å². The van der Waals surface area contributed by atoms with Crippen LogP contribution in [0.25, 0.3) is 0 Å². The van der Waals surface area contributed by atoms with Crippen LogP contribution in [0.3, 0.4) is 0 Å². The molecule has 1 heterocycles. The van der Waals surface area contributed by atoms with Crippen LogP contribution < -0.4 is 0 Å². The molecule has 0 spiro atoms. The molecule has 0 radical (unpaired) electrons. The van der Waals surface area contributed by atoms with Gasteiger partial charge in [-0.15, -0.1) is 11.6 Å². The first-order chi connectivity index (χ1) is 6.06. The number of alkyl halides is 3. The molecule has 0 aliphatic heterocycles. The summed E-state index contributed by atoms with van der Waals surface area (Å²) >= 11 is 8.09. The maximum atomic E-state index is 12.7. The predicted molar refractivity (Wildman–Crippen MR) is 46.4 cm³/mol. The molecule has 0 aromatic carbocycles. The first kappa shape index (κ1) is 10.8. The molecule has 0 bridgehead atoms. The molecule has 1 nitrogen and oxygen atoms in total. The zero-order valence-corrected chi connectivity index (χ0v) is 8.54. The molecule has 72 valence electrons. The molecule has 0 fully saturated rings. The summed E-state index contributed by atoms with van der Waals surface area (Å²) in [5, 5.41) is 0. The minimum atomic E-state index is -2.70. The average Bonchev–Trinajstić information content (AvgIpc) is 2.08. The van der Waals surface area contributed by atoms with Crippen molar-refractivity contribution < 1.29 is 13.2 Å². The van der Waals surface area contributed by atoms with Crippen LogP contribution in [-0.4, -0.2) is 4.98 Å². The Hall–Kier alpha value is -0.290. The van der Waals surface area contributed by atoms with Crippen LogP contribution in [0, 0.1) is 5.95 Å². The van der Waals surface area contributed by atoms with Gasteiger partial charge in [0.05, 0.1) is 16.0 Å². The van der Waals surface area contributed by atoms with Crippen molar-refractivity contribution in [2.24, 2.45) is 0 Å². The Morgan fingerprint density at radius 3 is 2.62 bits per heavy atom. The molecule has 0 atom stereocenters. The van der Waals surface area contributed by atoms with Crippen LogP contribution >= 0.6 is 27.5 Å². The van der Waals surface area contributed by atoms with Gasteiger partial charge < -0.3 is 0 Å². The van der Waals surface area contributed by atoms with E-state index >= 15 is 0 Å². The predicted octanol–water partition coefficient (Wildman–Crippen LogP) is 3.66. The summed E-state index contributed by atoms with van der Waals surface area (Å²) in [6, 6.07) is 0.991. The average molecular weight is 274 g/mol. The fourth-order valence-corrected chi connectivity index (χ4v) is 1.36. The highest BCUT2D eigenvalue weighted by Gasteiger charge is 2.16. The summed E-state index contributed by atoms with van der Waals surface area (Å²) < 4.78 is 37.2. The van der Waals surface area contributed by atoms with Crippen molar-refractivity contribution in [3.8, 4) is 0 Å². The fourth-order valence-electron chi connectivity index (χ4n) is 0.812. The van der Waals surface area contributed by atoms with Crippen molar-refractivity contribution in [1.82, 2.24) is 4.98 Å². The molecule has 0 saturated carbocycles. The third-order valence-corrected chi connectivity index (χ3v) is 2.22. The summed E-state index contributed by atoms with van der Waals surface area (Å²) in [6.45, 7) is 0. The van der Waals surface area contributed by atoms with Gasteiger partial charge in [0.15, 0.2) is 0 Å². The van der Waals surface area contributed by atoms with Crippen LogP contribution in [0.2, 0.25) is 0 Å². The van der Waals surface area contributed by atoms with Gasteiger partial charge in [0.25, 0.3) is 6.43 Å². The van der Waals surface area contributed by atoms with Gasteiger partial charge in [-0.1, -0.05) is 0 Å². The second-order valence-electron chi connectivity index (χ2n) is 2.23. The number of aromatic nitrogens is 1. The summed E-state index contributed by atoms with van der Waals surface area (Å²) in [5.74, 6) is -1.07. The minimum Gasteiger partial charge on any atom is -0.222 e. The van der Waals surface area contributed by atoms with E-state index in [1.807, 2.05) is 0 Å². The van der Waals surface area contributed by atoms with Gasteiger partial charge in [-0.05, 0) is 22.0 Å². The molecule has 0 saturated heterocycles. The summed E-state index contributed by atoms with van der Waals surface area (Å²) in [4.78, 5) is 3.29. The molecule has 6 heteroatoms. The number of halogens is 5. The Labute approximate surface area is 86.0 Å². The topological polar surface area (TPSA) is 12.9 Å². The number of nitrogens with zero attached hydrogens (tertiary/aromatic N) is 1. The van der Waals surface area contributed by atoms with E-state index in [2.05, 4.69) is 20.9 Å². The number of pyridine rings is 1. The lowest BCUT2D eigenvalue weighted by molar-refractivity contribution is 0.149. The van der Waals surface area contributed by atoms with Gasteiger partial charge in [-0.2, -0.15) is 4.39 Å². The normalized spacial score (nSPS) is 10.9. The van der Waals surface area contributed by atoms with Crippen molar-refractivity contribution in [2.75, 3.05) is 0 Å². The molecule has 1 aromatic heterocycles. The zero-order chi connectivity index (χ0) is 10.0. The molecule has 13 heavy (non-hydrogen) atoms. The second kappa shape index (κ2) is 4.28. The molecule has 0 aliphatic carbocycles. The molecule has 1 rings (SSSR count). The Morgan fingerprint density at radius 2 is 2.15 bits per heavy atom. The summed E-state index contributed by atoms with van der Waals surface area (Å²) in [6.07, 6.45) is -2.70. The molecule has 1 aromatic rings. The smallest absolute Gasteiger partial charge is 0.222 e. The van der Waals surface area contributed by atoms with Crippen molar-refractivity contribution in [2.45, 2.75) is 12.3 Å². The summed E-state index contributed by atoms with van der Waals surface area (Å²) in [5.41, 5.74) is -0.472. The SMILES string of the molecule is Fc1nc(CCl)c(C(F)F)cc1Br. The van der Waals surface area contributed by atoms with E-state index in [0.29, 0.717) is 0 Å². The van der Waals surface area contributed by atoms with Crippen LogP contribution in [0.5, 0.6) is 0 Å². The van der Waals surface area contributed by atoms with Crippen molar-refractivity contribution in [3.63, 3.8) is 0 Å². The Kier molecular flexibility index (Phi) is 3.55. The van der Waals surface area contributed by atoms with E-state index < -0.39 is 12.4 Å². The third kappa shape index (κ3) is 2.34. The highest BCUT2D eigenvalue weighted by atomic mass is 79.9. The van der Waals surface area contributed by atoms with Crippen molar-refractivity contribution >= 4 is 27.5 Å². The summed E-state index contributed by atoms with van der Waals surface area (Å²) in [7, 11) is 0. The van der Waals surface area contributed by atoms with Gasteiger partial charge in [0.1, 0.15) is 0 Å². The number of hydrogen-bond acceptors (Lipinski definition) is 1. The largest absolute Gasteiger partial charge is 0.265 e. The second-order valence-corrected chi connectivity index (χ2v) is 3.35. The highest BCUT2D eigenvalue weighted by Crippen LogP contribution is 2.27. The van der Waals surface area contributed by atoms with Gasteiger partial charge >= 0.3 is 0 Å². The van der Waals surface area contributed by atoms with Crippen molar-refractivity contribution in [3.05, 3.63) is 27.7 Å². The maximum absolute atomic E-state index is 12.7. The Bertz CT molecular complexity index is 319. The van der Waals surface area contributed by atoms with E-state index in [9.17, 15) is 13.2 Å². The van der Waals surface area contributed by atoms with Gasteiger partial charge in [0, 0.05) is 5.56 Å². The monoisotopic (exact) mass is 273 g/mol. The van der Waals surface area contributed by atoms with Crippen LogP contribution in [-0.2, 0) is 5.88 Å². The van der Waals surface area contributed by atoms with Gasteiger partial charge in [0.2, 0.25) is 5.95 Å². The lowest BCUT2D eigenvalue weighted by Crippen LogP contribution is -1.99. The van der Waals surface area contributed by atoms with Gasteiger partial charge in [-0.25, -0.2) is 13.8 Å². The Morgan fingerprint density at radius 1 is 1.54 bits per heavy atom. The highest BCUT2D eigenvalue weighted by molar-refractivity contribution is 9.10. The minimum absolute atomic E-state index is 0.0864. The molecule has 0 N–H and O–H groups in total. The van der Waals surface area contributed by atoms with E-state index in [-0.39, 0.29) is 21.6 Å². The molecule has 0 aliphatic rings. The standard InChI is InChI=1S/C7H4BrClF3N/c8-4-1-3(6(10)11)5(2-9)13-7(4)12/h1,6H,2H2. The first-order valence-corrected chi connectivity index (χ1v) is 4.58. The number of hydrogen-bond donors (Lipinski definition) is 0. The maximum Gasteiger partial charge on any atom is 0.265 e. The molecule has 0 unspecified atom stereocenters. The lowest BCUT2D eigenvalue weighted by Gasteiger charge is -2.05. The Balaban J connectivity index is 3.25. The fraction of sp³-hybridized carbons (Fsp3) is 0.286. The zero-order valence-electron chi connectivity index (χ0n) is 6.20. The molecular weight excluding hydrogens is 270 g/mol. The van der Waals surface area contributed by atoms with Crippen LogP contribution in [0.4, 0.5) is 13.2 Å². The number of rotatable bonds is 2. The van der Waals surface area contributed by atoms with Crippen LogP contribution in [0.1, 0.15) is 17.7 Å². The quantitative estimate of drug-likeness (QED) is 0.592. The van der Waals surface area contributed by atoms with Crippen molar-refractivity contribution in [1.29, 1.82) is 0 Å². The van der Waals surface area contributed by atoms with E-state index in [1.165, 1.54) is 0 Å². The molecular formula is C7H4BrClF3N. The van der Waals surface area contributed by atoms with Crippen LogP contribution in [0.15, 0.2) is 10.5 Å². The van der Waals surface area contributed by atoms with Gasteiger partial charge in [-0.3, -0.25) is 0 Å².